The predicted octanol–water partition coefficient (Wildman–Crippen LogP) is 3.77. The van der Waals surface area contributed by atoms with Crippen molar-refractivity contribution in [2.24, 2.45) is 0 Å². The van der Waals surface area contributed by atoms with Gasteiger partial charge in [0, 0.05) is 5.56 Å². The van der Waals surface area contributed by atoms with E-state index >= 15 is 0 Å². The number of hydrogen-bond donors (Lipinski definition) is 1. The molecule has 0 radical (unpaired) electrons. The highest BCUT2D eigenvalue weighted by atomic mass is 35.5. The van der Waals surface area contributed by atoms with E-state index < -0.39 is 0 Å². The second kappa shape index (κ2) is 5.55. The van der Waals surface area contributed by atoms with E-state index in [2.05, 4.69) is 5.32 Å². The van der Waals surface area contributed by atoms with E-state index in [0.717, 1.165) is 5.56 Å². The zero-order valence-electron chi connectivity index (χ0n) is 10.3. The summed E-state index contributed by atoms with van der Waals surface area (Å²) in [5.74, 6) is -0.230. The van der Waals surface area contributed by atoms with Gasteiger partial charge in [-0.3, -0.25) is 4.79 Å². The van der Waals surface area contributed by atoms with Gasteiger partial charge in [-0.25, -0.2) is 0 Å². The maximum atomic E-state index is 12.0. The Bertz CT molecular complexity index is 657. The van der Waals surface area contributed by atoms with Crippen LogP contribution in [0.15, 0.2) is 42.5 Å². The molecule has 0 atom stereocenters. The minimum absolute atomic E-state index is 0.230. The van der Waals surface area contributed by atoms with E-state index in [-0.39, 0.29) is 5.91 Å². The van der Waals surface area contributed by atoms with Crippen LogP contribution in [0.25, 0.3) is 0 Å². The Morgan fingerprint density at radius 3 is 2.47 bits per heavy atom. The normalized spacial score (nSPS) is 9.74. The first-order valence-electron chi connectivity index (χ1n) is 5.68. The molecule has 0 bridgehead atoms. The second-order valence-electron chi connectivity index (χ2n) is 4.13. The monoisotopic (exact) mass is 270 g/mol. The van der Waals surface area contributed by atoms with Crippen LogP contribution < -0.4 is 5.32 Å². The number of hydrogen-bond acceptors (Lipinski definition) is 2. The van der Waals surface area contributed by atoms with Crippen molar-refractivity contribution in [1.82, 2.24) is 0 Å². The fourth-order valence-corrected chi connectivity index (χ4v) is 1.81. The van der Waals surface area contributed by atoms with Crippen LogP contribution in [0.2, 0.25) is 5.02 Å². The van der Waals surface area contributed by atoms with E-state index in [1.54, 1.807) is 24.3 Å². The number of aryl methyl sites for hydroxylation is 1. The summed E-state index contributed by atoms with van der Waals surface area (Å²) >= 11 is 6.00. The number of rotatable bonds is 2. The zero-order valence-corrected chi connectivity index (χ0v) is 11.0. The van der Waals surface area contributed by atoms with Crippen LogP contribution in [0.1, 0.15) is 21.5 Å². The molecule has 0 aromatic heterocycles. The number of halogens is 1. The third-order valence-corrected chi connectivity index (χ3v) is 2.97. The van der Waals surface area contributed by atoms with Crippen LogP contribution in [0.3, 0.4) is 0 Å². The Kier molecular flexibility index (Phi) is 3.84. The van der Waals surface area contributed by atoms with E-state index in [1.807, 2.05) is 25.1 Å². The summed E-state index contributed by atoms with van der Waals surface area (Å²) in [5, 5.41) is 11.8. The van der Waals surface area contributed by atoms with E-state index in [0.29, 0.717) is 21.8 Å². The average Bonchev–Trinajstić information content (AvgIpc) is 2.41. The summed E-state index contributed by atoms with van der Waals surface area (Å²) in [5.41, 5.74) is 2.60. The van der Waals surface area contributed by atoms with Gasteiger partial charge in [0.05, 0.1) is 22.3 Å². The smallest absolute Gasteiger partial charge is 0.255 e. The Balaban J connectivity index is 2.20. The first-order chi connectivity index (χ1) is 9.10. The first-order valence-corrected chi connectivity index (χ1v) is 6.05. The largest absolute Gasteiger partial charge is 0.321 e. The summed E-state index contributed by atoms with van der Waals surface area (Å²) in [7, 11) is 0. The van der Waals surface area contributed by atoms with Crippen molar-refractivity contribution in [3.8, 4) is 6.07 Å². The number of anilines is 1. The molecule has 0 aliphatic rings. The topological polar surface area (TPSA) is 52.9 Å². The Morgan fingerprint density at radius 1 is 1.21 bits per heavy atom. The van der Waals surface area contributed by atoms with Crippen LogP contribution in [-0.4, -0.2) is 5.91 Å². The molecule has 2 aromatic rings. The van der Waals surface area contributed by atoms with Crippen LogP contribution >= 0.6 is 11.6 Å². The van der Waals surface area contributed by atoms with E-state index in [9.17, 15) is 4.79 Å². The number of carbonyl (C=O) groups is 1. The van der Waals surface area contributed by atoms with Crippen molar-refractivity contribution < 1.29 is 4.79 Å². The van der Waals surface area contributed by atoms with Gasteiger partial charge in [0.1, 0.15) is 0 Å². The van der Waals surface area contributed by atoms with Gasteiger partial charge in [-0.2, -0.15) is 5.26 Å². The highest BCUT2D eigenvalue weighted by molar-refractivity contribution is 6.34. The fraction of sp³-hybridized carbons (Fsp3) is 0.0667. The number of carbonyl (C=O) groups excluding carboxylic acids is 1. The average molecular weight is 271 g/mol. The quantitative estimate of drug-likeness (QED) is 0.903. The van der Waals surface area contributed by atoms with Crippen molar-refractivity contribution in [3.05, 3.63) is 64.2 Å². The van der Waals surface area contributed by atoms with Crippen molar-refractivity contribution in [3.63, 3.8) is 0 Å². The molecule has 94 valence electrons. The first kappa shape index (κ1) is 13.1. The van der Waals surface area contributed by atoms with Gasteiger partial charge in [-0.15, -0.1) is 0 Å². The number of nitrogens with one attached hydrogen (secondary N) is 1. The molecule has 1 amide bonds. The molecule has 0 saturated carbocycles. The highest BCUT2D eigenvalue weighted by Gasteiger charge is 2.08. The lowest BCUT2D eigenvalue weighted by Gasteiger charge is -2.07. The van der Waals surface area contributed by atoms with Crippen molar-refractivity contribution >= 4 is 23.2 Å². The molecule has 0 heterocycles. The molecule has 2 rings (SSSR count). The molecule has 4 heteroatoms. The van der Waals surface area contributed by atoms with E-state index in [4.69, 9.17) is 16.9 Å². The van der Waals surface area contributed by atoms with Crippen molar-refractivity contribution in [2.75, 3.05) is 5.32 Å². The van der Waals surface area contributed by atoms with Gasteiger partial charge < -0.3 is 5.32 Å². The number of nitrogens with zero attached hydrogens (tertiary/aromatic N) is 1. The lowest BCUT2D eigenvalue weighted by atomic mass is 10.1. The molecule has 0 saturated heterocycles. The molecular weight excluding hydrogens is 260 g/mol. The van der Waals surface area contributed by atoms with Crippen molar-refractivity contribution in [1.29, 1.82) is 5.26 Å². The van der Waals surface area contributed by atoms with Gasteiger partial charge in [-0.05, 0) is 37.3 Å². The standard InChI is InChI=1S/C15H11ClN2O/c1-10-2-5-12(6-3-10)15(19)18-14-7-4-11(9-17)8-13(14)16/h2-8H,1H3,(H,18,19). The molecular formula is C15H11ClN2O. The minimum atomic E-state index is -0.230. The van der Waals surface area contributed by atoms with Crippen LogP contribution in [0.5, 0.6) is 0 Å². The molecule has 3 nitrogen and oxygen atoms in total. The number of amides is 1. The lowest BCUT2D eigenvalue weighted by Crippen LogP contribution is -2.12. The van der Waals surface area contributed by atoms with Crippen LogP contribution in [-0.2, 0) is 0 Å². The molecule has 1 N–H and O–H groups in total. The Hall–Kier alpha value is -2.31. The van der Waals surface area contributed by atoms with Gasteiger partial charge in [0.15, 0.2) is 0 Å². The zero-order chi connectivity index (χ0) is 13.8. The Labute approximate surface area is 116 Å². The van der Waals surface area contributed by atoms with Gasteiger partial charge in [0.25, 0.3) is 5.91 Å². The molecule has 2 aromatic carbocycles. The third-order valence-electron chi connectivity index (χ3n) is 2.66. The van der Waals surface area contributed by atoms with Crippen LogP contribution in [0, 0.1) is 18.3 Å². The summed E-state index contributed by atoms with van der Waals surface area (Å²) in [6.45, 7) is 1.96. The van der Waals surface area contributed by atoms with Gasteiger partial charge in [-0.1, -0.05) is 29.3 Å². The molecule has 0 unspecified atom stereocenters. The summed E-state index contributed by atoms with van der Waals surface area (Å²) in [6, 6.07) is 14.0. The van der Waals surface area contributed by atoms with Crippen LogP contribution in [0.4, 0.5) is 5.69 Å². The molecule has 0 fully saturated rings. The minimum Gasteiger partial charge on any atom is -0.321 e. The molecule has 0 aliphatic carbocycles. The van der Waals surface area contributed by atoms with E-state index in [1.165, 1.54) is 6.07 Å². The maximum absolute atomic E-state index is 12.0. The molecule has 0 spiro atoms. The number of benzene rings is 2. The van der Waals surface area contributed by atoms with Crippen molar-refractivity contribution in [2.45, 2.75) is 6.92 Å². The summed E-state index contributed by atoms with van der Waals surface area (Å²) < 4.78 is 0. The maximum Gasteiger partial charge on any atom is 0.255 e. The number of nitriles is 1. The van der Waals surface area contributed by atoms with Gasteiger partial charge in [0.2, 0.25) is 0 Å². The summed E-state index contributed by atoms with van der Waals surface area (Å²) in [6.07, 6.45) is 0. The second-order valence-corrected chi connectivity index (χ2v) is 4.53. The third kappa shape index (κ3) is 3.12. The predicted molar refractivity (Wildman–Crippen MR) is 75.3 cm³/mol. The van der Waals surface area contributed by atoms with Gasteiger partial charge >= 0.3 is 0 Å². The molecule has 19 heavy (non-hydrogen) atoms. The molecule has 0 aliphatic heterocycles. The lowest BCUT2D eigenvalue weighted by molar-refractivity contribution is 0.102. The Morgan fingerprint density at radius 2 is 1.89 bits per heavy atom. The summed E-state index contributed by atoms with van der Waals surface area (Å²) in [4.78, 5) is 12.0. The fourth-order valence-electron chi connectivity index (χ4n) is 1.59. The SMILES string of the molecule is Cc1ccc(C(=O)Nc2ccc(C#N)cc2Cl)cc1. The highest BCUT2D eigenvalue weighted by Crippen LogP contribution is 2.23.